The minimum atomic E-state index is -0.0640. The van der Waals surface area contributed by atoms with Gasteiger partial charge in [-0.2, -0.15) is 0 Å². The van der Waals surface area contributed by atoms with Gasteiger partial charge < -0.3 is 25.0 Å². The second kappa shape index (κ2) is 10.9. The van der Waals surface area contributed by atoms with E-state index in [1.807, 2.05) is 14.1 Å². The van der Waals surface area contributed by atoms with Crippen LogP contribution in [-0.4, -0.2) is 58.1 Å². The Labute approximate surface area is 167 Å². The highest BCUT2D eigenvalue weighted by molar-refractivity contribution is 5.93. The van der Waals surface area contributed by atoms with Gasteiger partial charge >= 0.3 is 0 Å². The first-order valence-corrected chi connectivity index (χ1v) is 9.90. The molecule has 2 rings (SSSR count). The number of carbonyl (C=O) groups excluding carboxylic acids is 2. The predicted molar refractivity (Wildman–Crippen MR) is 110 cm³/mol. The Balaban J connectivity index is 1.78. The molecule has 0 bridgehead atoms. The van der Waals surface area contributed by atoms with Crippen LogP contribution in [0, 0.1) is 11.8 Å². The third-order valence-electron chi connectivity index (χ3n) is 5.20. The molecule has 1 aliphatic carbocycles. The fourth-order valence-electron chi connectivity index (χ4n) is 3.53. The van der Waals surface area contributed by atoms with E-state index >= 15 is 0 Å². The lowest BCUT2D eigenvalue weighted by atomic mass is 9.81. The Morgan fingerprint density at radius 3 is 2.18 bits per heavy atom. The van der Waals surface area contributed by atoms with Gasteiger partial charge in [0.05, 0.1) is 14.2 Å². The Morgan fingerprint density at radius 2 is 1.61 bits per heavy atom. The van der Waals surface area contributed by atoms with Crippen LogP contribution in [0.5, 0.6) is 11.5 Å². The topological polar surface area (TPSA) is 79.9 Å². The molecule has 0 radical (unpaired) electrons. The number of amides is 2. The van der Waals surface area contributed by atoms with Gasteiger partial charge in [-0.05, 0) is 64.9 Å². The number of hydrogen-bond acceptors (Lipinski definition) is 5. The van der Waals surface area contributed by atoms with E-state index in [9.17, 15) is 9.59 Å². The maximum Gasteiger partial charge on any atom is 0.227 e. The monoisotopic (exact) mass is 391 g/mol. The first kappa shape index (κ1) is 22.0. The van der Waals surface area contributed by atoms with E-state index < -0.39 is 0 Å². The predicted octanol–water partition coefficient (Wildman–Crippen LogP) is 2.52. The molecule has 1 aliphatic rings. The maximum atomic E-state index is 12.6. The summed E-state index contributed by atoms with van der Waals surface area (Å²) in [6, 6.07) is 5.32. The van der Waals surface area contributed by atoms with Gasteiger partial charge in [0.2, 0.25) is 11.8 Å². The van der Waals surface area contributed by atoms with Crippen molar-refractivity contribution in [3.05, 3.63) is 18.2 Å². The summed E-state index contributed by atoms with van der Waals surface area (Å²) in [4.78, 5) is 27.0. The summed E-state index contributed by atoms with van der Waals surface area (Å²) < 4.78 is 10.5. The minimum absolute atomic E-state index is 0.00272. The molecule has 1 aromatic carbocycles. The number of ether oxygens (including phenoxy) is 2. The zero-order valence-electron chi connectivity index (χ0n) is 17.4. The van der Waals surface area contributed by atoms with E-state index in [1.165, 1.54) is 0 Å². The van der Waals surface area contributed by atoms with E-state index in [0.29, 0.717) is 23.7 Å². The smallest absolute Gasteiger partial charge is 0.227 e. The lowest BCUT2D eigenvalue weighted by Gasteiger charge is -2.27. The van der Waals surface area contributed by atoms with Gasteiger partial charge in [-0.25, -0.2) is 0 Å². The van der Waals surface area contributed by atoms with Gasteiger partial charge in [0.25, 0.3) is 0 Å². The Hall–Kier alpha value is -2.28. The second-order valence-electron chi connectivity index (χ2n) is 7.56. The van der Waals surface area contributed by atoms with Crippen LogP contribution < -0.4 is 20.1 Å². The van der Waals surface area contributed by atoms with E-state index in [4.69, 9.17) is 9.47 Å². The molecule has 1 aromatic rings. The van der Waals surface area contributed by atoms with Crippen molar-refractivity contribution in [3.8, 4) is 11.5 Å². The molecule has 1 saturated carbocycles. The van der Waals surface area contributed by atoms with Gasteiger partial charge in [-0.15, -0.1) is 0 Å². The van der Waals surface area contributed by atoms with Crippen molar-refractivity contribution < 1.29 is 19.1 Å². The summed E-state index contributed by atoms with van der Waals surface area (Å²) in [6.07, 6.45) is 3.92. The summed E-state index contributed by atoms with van der Waals surface area (Å²) in [5, 5.41) is 5.98. The summed E-state index contributed by atoms with van der Waals surface area (Å²) in [6.45, 7) is 1.67. The number of anilines is 1. The Bertz CT molecular complexity index is 655. The van der Waals surface area contributed by atoms with Crippen LogP contribution >= 0.6 is 0 Å². The fourth-order valence-corrected chi connectivity index (χ4v) is 3.53. The second-order valence-corrected chi connectivity index (χ2v) is 7.56. The van der Waals surface area contributed by atoms with Gasteiger partial charge in [0.1, 0.15) is 0 Å². The van der Waals surface area contributed by atoms with Crippen molar-refractivity contribution in [2.75, 3.05) is 46.7 Å². The van der Waals surface area contributed by atoms with E-state index in [1.54, 1.807) is 32.4 Å². The lowest BCUT2D eigenvalue weighted by molar-refractivity contribution is -0.128. The first-order valence-electron chi connectivity index (χ1n) is 9.90. The highest BCUT2D eigenvalue weighted by Gasteiger charge is 2.29. The van der Waals surface area contributed by atoms with Crippen LogP contribution in [-0.2, 0) is 9.59 Å². The third-order valence-corrected chi connectivity index (χ3v) is 5.20. The molecule has 0 atom stereocenters. The normalized spacial score (nSPS) is 19.2. The largest absolute Gasteiger partial charge is 0.493 e. The van der Waals surface area contributed by atoms with E-state index in [0.717, 1.165) is 38.6 Å². The van der Waals surface area contributed by atoms with Crippen molar-refractivity contribution in [1.29, 1.82) is 0 Å². The SMILES string of the molecule is COc1ccc(NC(=O)C2CCC(C(=O)NCCCN(C)C)CC2)cc1OC. The highest BCUT2D eigenvalue weighted by atomic mass is 16.5. The molecule has 2 N–H and O–H groups in total. The highest BCUT2D eigenvalue weighted by Crippen LogP contribution is 2.32. The van der Waals surface area contributed by atoms with Gasteiger partial charge in [0.15, 0.2) is 11.5 Å². The Kier molecular flexibility index (Phi) is 8.57. The molecule has 0 unspecified atom stereocenters. The molecule has 2 amide bonds. The number of carbonyl (C=O) groups is 2. The molecule has 156 valence electrons. The van der Waals surface area contributed by atoms with Crippen molar-refractivity contribution in [2.24, 2.45) is 11.8 Å². The third kappa shape index (κ3) is 6.41. The average Bonchev–Trinajstić information content (AvgIpc) is 2.70. The molecule has 7 nitrogen and oxygen atoms in total. The van der Waals surface area contributed by atoms with Crippen LogP contribution in [0.1, 0.15) is 32.1 Å². The van der Waals surface area contributed by atoms with Crippen LogP contribution in [0.3, 0.4) is 0 Å². The van der Waals surface area contributed by atoms with Crippen molar-refractivity contribution in [2.45, 2.75) is 32.1 Å². The Morgan fingerprint density at radius 1 is 1.00 bits per heavy atom. The quantitative estimate of drug-likeness (QED) is 0.633. The fraction of sp³-hybridized carbons (Fsp3) is 0.619. The molecule has 0 spiro atoms. The molecular weight excluding hydrogens is 358 g/mol. The summed E-state index contributed by atoms with van der Waals surface area (Å²) in [5.41, 5.74) is 0.684. The zero-order valence-corrected chi connectivity index (χ0v) is 17.4. The average molecular weight is 392 g/mol. The molecule has 7 heteroatoms. The number of rotatable bonds is 9. The van der Waals surface area contributed by atoms with Crippen molar-refractivity contribution >= 4 is 17.5 Å². The van der Waals surface area contributed by atoms with Crippen molar-refractivity contribution in [3.63, 3.8) is 0 Å². The van der Waals surface area contributed by atoms with Crippen molar-refractivity contribution in [1.82, 2.24) is 10.2 Å². The van der Waals surface area contributed by atoms with Crippen LogP contribution in [0.15, 0.2) is 18.2 Å². The summed E-state index contributed by atoms with van der Waals surface area (Å²) >= 11 is 0. The first-order chi connectivity index (χ1) is 13.4. The van der Waals surface area contributed by atoms with Crippen LogP contribution in [0.2, 0.25) is 0 Å². The summed E-state index contributed by atoms with van der Waals surface area (Å²) in [5.74, 6) is 1.28. The lowest BCUT2D eigenvalue weighted by Crippen LogP contribution is -2.36. The van der Waals surface area contributed by atoms with Gasteiger partial charge in [-0.3, -0.25) is 9.59 Å². The summed E-state index contributed by atoms with van der Waals surface area (Å²) in [7, 11) is 7.19. The van der Waals surface area contributed by atoms with E-state index in [-0.39, 0.29) is 23.7 Å². The van der Waals surface area contributed by atoms with Gasteiger partial charge in [-0.1, -0.05) is 0 Å². The molecule has 1 fully saturated rings. The molecule has 0 aliphatic heterocycles. The van der Waals surface area contributed by atoms with Crippen LogP contribution in [0.4, 0.5) is 5.69 Å². The number of hydrogen-bond donors (Lipinski definition) is 2. The maximum absolute atomic E-state index is 12.6. The number of methoxy groups -OCH3 is 2. The van der Waals surface area contributed by atoms with E-state index in [2.05, 4.69) is 15.5 Å². The molecule has 0 heterocycles. The van der Waals surface area contributed by atoms with Gasteiger partial charge in [0, 0.05) is 30.1 Å². The zero-order chi connectivity index (χ0) is 20.5. The minimum Gasteiger partial charge on any atom is -0.493 e. The molecule has 0 saturated heterocycles. The molecular formula is C21H33N3O4. The standard InChI is InChI=1S/C21H33N3O4/c1-24(2)13-5-12-22-20(25)15-6-8-16(9-7-15)21(26)23-17-10-11-18(27-3)19(14-17)28-4/h10-11,14-16H,5-9,12-13H2,1-4H3,(H,22,25)(H,23,26). The number of nitrogens with zero attached hydrogens (tertiary/aromatic N) is 1. The number of nitrogens with one attached hydrogen (secondary N) is 2. The molecule has 0 aromatic heterocycles. The molecule has 28 heavy (non-hydrogen) atoms. The van der Waals surface area contributed by atoms with Crippen LogP contribution in [0.25, 0.3) is 0 Å². The number of benzene rings is 1.